The smallest absolute Gasteiger partial charge is 0.408 e. The Morgan fingerprint density at radius 3 is 2.71 bits per heavy atom. The van der Waals surface area contributed by atoms with Gasteiger partial charge in [0.15, 0.2) is 5.58 Å². The standard InChI is InChI=1S/C14H21N3O4/c1-19-6-3-4-17(5-7-20-2)12-9-11-13(8-10(12)15)21-14(18)16-11/h8-9H,3-7,15H2,1-2H3,(H,16,18). The first-order valence-electron chi connectivity index (χ1n) is 6.81. The van der Waals surface area contributed by atoms with Crippen molar-refractivity contribution < 1.29 is 13.9 Å². The Morgan fingerprint density at radius 2 is 2.00 bits per heavy atom. The van der Waals surface area contributed by atoms with Gasteiger partial charge in [-0.2, -0.15) is 0 Å². The Morgan fingerprint density at radius 1 is 1.24 bits per heavy atom. The van der Waals surface area contributed by atoms with E-state index in [9.17, 15) is 4.79 Å². The lowest BCUT2D eigenvalue weighted by Crippen LogP contribution is -2.29. The van der Waals surface area contributed by atoms with Gasteiger partial charge in [-0.1, -0.05) is 0 Å². The number of fused-ring (bicyclic) bond motifs is 1. The predicted molar refractivity (Wildman–Crippen MR) is 81.8 cm³/mol. The van der Waals surface area contributed by atoms with Crippen molar-refractivity contribution in [2.45, 2.75) is 6.42 Å². The zero-order chi connectivity index (χ0) is 15.2. The topological polar surface area (TPSA) is 93.7 Å². The minimum atomic E-state index is -0.482. The first kappa shape index (κ1) is 15.4. The van der Waals surface area contributed by atoms with Gasteiger partial charge in [-0.05, 0) is 12.5 Å². The summed E-state index contributed by atoms with van der Waals surface area (Å²) >= 11 is 0. The van der Waals surface area contributed by atoms with Gasteiger partial charge < -0.3 is 24.5 Å². The summed E-state index contributed by atoms with van der Waals surface area (Å²) in [6.45, 7) is 2.76. The molecule has 0 aliphatic rings. The van der Waals surface area contributed by atoms with Crippen LogP contribution in [0.3, 0.4) is 0 Å². The van der Waals surface area contributed by atoms with E-state index in [4.69, 9.17) is 19.6 Å². The molecule has 0 saturated heterocycles. The lowest BCUT2D eigenvalue weighted by molar-refractivity contribution is 0.191. The van der Waals surface area contributed by atoms with Crippen molar-refractivity contribution in [1.82, 2.24) is 4.98 Å². The number of H-pyrrole nitrogens is 1. The second-order valence-electron chi connectivity index (χ2n) is 4.75. The average Bonchev–Trinajstić information content (AvgIpc) is 2.81. The van der Waals surface area contributed by atoms with Gasteiger partial charge in [0, 0.05) is 40.0 Å². The summed E-state index contributed by atoms with van der Waals surface area (Å²) in [5.74, 6) is -0.482. The van der Waals surface area contributed by atoms with Crippen molar-refractivity contribution >= 4 is 22.5 Å². The van der Waals surface area contributed by atoms with E-state index in [2.05, 4.69) is 9.88 Å². The average molecular weight is 295 g/mol. The lowest BCUT2D eigenvalue weighted by Gasteiger charge is -2.25. The van der Waals surface area contributed by atoms with E-state index in [1.165, 1.54) is 0 Å². The van der Waals surface area contributed by atoms with Gasteiger partial charge in [0.25, 0.3) is 0 Å². The number of benzene rings is 1. The first-order valence-corrected chi connectivity index (χ1v) is 6.81. The second-order valence-corrected chi connectivity index (χ2v) is 4.75. The highest BCUT2D eigenvalue weighted by molar-refractivity contribution is 5.85. The molecule has 0 unspecified atom stereocenters. The summed E-state index contributed by atoms with van der Waals surface area (Å²) in [6.07, 6.45) is 0.875. The van der Waals surface area contributed by atoms with E-state index in [0.717, 1.165) is 18.7 Å². The predicted octanol–water partition coefficient (Wildman–Crippen LogP) is 1.19. The molecule has 0 amide bonds. The summed E-state index contributed by atoms with van der Waals surface area (Å²) in [5.41, 5.74) is 8.61. The van der Waals surface area contributed by atoms with E-state index < -0.39 is 5.76 Å². The molecule has 2 aromatic rings. The molecule has 2 rings (SSSR count). The molecule has 116 valence electrons. The number of anilines is 2. The Hall–Kier alpha value is -1.99. The van der Waals surface area contributed by atoms with Crippen LogP contribution in [0.4, 0.5) is 11.4 Å². The quantitative estimate of drug-likeness (QED) is 0.561. The lowest BCUT2D eigenvalue weighted by atomic mass is 10.2. The fourth-order valence-corrected chi connectivity index (χ4v) is 2.23. The fraction of sp³-hybridized carbons (Fsp3) is 0.500. The van der Waals surface area contributed by atoms with Gasteiger partial charge in [-0.3, -0.25) is 4.98 Å². The number of aromatic nitrogens is 1. The van der Waals surface area contributed by atoms with Crippen LogP contribution in [0.15, 0.2) is 21.3 Å². The van der Waals surface area contributed by atoms with E-state index in [-0.39, 0.29) is 0 Å². The van der Waals surface area contributed by atoms with E-state index in [0.29, 0.717) is 36.5 Å². The highest BCUT2D eigenvalue weighted by Crippen LogP contribution is 2.28. The normalized spacial score (nSPS) is 11.1. The summed E-state index contributed by atoms with van der Waals surface area (Å²) in [7, 11) is 3.34. The van der Waals surface area contributed by atoms with Crippen molar-refractivity contribution in [1.29, 1.82) is 0 Å². The minimum Gasteiger partial charge on any atom is -0.408 e. The Kier molecular flexibility index (Phi) is 5.24. The molecule has 0 aliphatic heterocycles. The van der Waals surface area contributed by atoms with Gasteiger partial charge in [0.05, 0.1) is 23.5 Å². The molecule has 0 aliphatic carbocycles. The van der Waals surface area contributed by atoms with Crippen LogP contribution >= 0.6 is 0 Å². The number of hydrogen-bond donors (Lipinski definition) is 2. The molecule has 0 radical (unpaired) electrons. The van der Waals surface area contributed by atoms with Crippen LogP contribution in [0.1, 0.15) is 6.42 Å². The van der Waals surface area contributed by atoms with Crippen molar-refractivity contribution in [2.75, 3.05) is 51.2 Å². The summed E-state index contributed by atoms with van der Waals surface area (Å²) < 4.78 is 15.2. The second kappa shape index (κ2) is 7.14. The van der Waals surface area contributed by atoms with Crippen molar-refractivity contribution in [3.63, 3.8) is 0 Å². The van der Waals surface area contributed by atoms with E-state index in [1.54, 1.807) is 20.3 Å². The zero-order valence-corrected chi connectivity index (χ0v) is 12.3. The van der Waals surface area contributed by atoms with Gasteiger partial charge >= 0.3 is 5.76 Å². The third-order valence-corrected chi connectivity index (χ3v) is 3.25. The SMILES string of the molecule is COCCCN(CCOC)c1cc2[nH]c(=O)oc2cc1N. The van der Waals surface area contributed by atoms with Crippen LogP contribution < -0.4 is 16.4 Å². The Labute approximate surface area is 122 Å². The van der Waals surface area contributed by atoms with E-state index >= 15 is 0 Å². The number of nitrogens with one attached hydrogen (secondary N) is 1. The molecular formula is C14H21N3O4. The number of oxazole rings is 1. The maximum Gasteiger partial charge on any atom is 0.417 e. The number of nitrogen functional groups attached to an aromatic ring is 1. The van der Waals surface area contributed by atoms with Crippen molar-refractivity contribution in [2.24, 2.45) is 0 Å². The fourth-order valence-electron chi connectivity index (χ4n) is 2.23. The zero-order valence-electron chi connectivity index (χ0n) is 12.3. The van der Waals surface area contributed by atoms with E-state index in [1.807, 2.05) is 6.07 Å². The molecule has 1 heterocycles. The number of nitrogens with two attached hydrogens (primary N) is 1. The first-order chi connectivity index (χ1) is 10.2. The van der Waals surface area contributed by atoms with Crippen molar-refractivity contribution in [3.05, 3.63) is 22.7 Å². The molecule has 0 fully saturated rings. The largest absolute Gasteiger partial charge is 0.417 e. The number of rotatable bonds is 8. The van der Waals surface area contributed by atoms with Crippen LogP contribution in [-0.2, 0) is 9.47 Å². The molecule has 3 N–H and O–H groups in total. The van der Waals surface area contributed by atoms with Gasteiger partial charge in [0.1, 0.15) is 0 Å². The molecule has 7 nitrogen and oxygen atoms in total. The summed E-state index contributed by atoms with van der Waals surface area (Å²) in [4.78, 5) is 16.0. The highest BCUT2D eigenvalue weighted by Gasteiger charge is 2.13. The van der Waals surface area contributed by atoms with Crippen LogP contribution in [0.5, 0.6) is 0 Å². The molecule has 1 aromatic heterocycles. The van der Waals surface area contributed by atoms with Gasteiger partial charge in [0.2, 0.25) is 0 Å². The molecule has 0 spiro atoms. The van der Waals surface area contributed by atoms with Crippen LogP contribution in [-0.4, -0.2) is 45.5 Å². The molecule has 1 aromatic carbocycles. The molecule has 0 atom stereocenters. The molecule has 7 heteroatoms. The summed E-state index contributed by atoms with van der Waals surface area (Å²) in [5, 5.41) is 0. The van der Waals surface area contributed by atoms with Crippen molar-refractivity contribution in [3.8, 4) is 0 Å². The molecule has 21 heavy (non-hydrogen) atoms. The monoisotopic (exact) mass is 295 g/mol. The number of hydrogen-bond acceptors (Lipinski definition) is 6. The van der Waals surface area contributed by atoms with Crippen LogP contribution in [0.25, 0.3) is 11.1 Å². The minimum absolute atomic E-state index is 0.463. The van der Waals surface area contributed by atoms with Crippen LogP contribution in [0, 0.1) is 0 Å². The Bertz CT molecular complexity index is 635. The molecule has 0 saturated carbocycles. The number of nitrogens with zero attached hydrogens (tertiary/aromatic N) is 1. The third kappa shape index (κ3) is 3.77. The maximum absolute atomic E-state index is 11.3. The molecule has 0 bridgehead atoms. The Balaban J connectivity index is 2.28. The summed E-state index contributed by atoms with van der Waals surface area (Å²) in [6, 6.07) is 3.50. The maximum atomic E-state index is 11.3. The molecular weight excluding hydrogens is 274 g/mol. The number of ether oxygens (including phenoxy) is 2. The highest BCUT2D eigenvalue weighted by atomic mass is 16.5. The van der Waals surface area contributed by atoms with Gasteiger partial charge in [-0.25, -0.2) is 4.79 Å². The number of methoxy groups -OCH3 is 2. The third-order valence-electron chi connectivity index (χ3n) is 3.25. The number of aromatic amines is 1. The van der Waals surface area contributed by atoms with Crippen LogP contribution in [0.2, 0.25) is 0 Å². The van der Waals surface area contributed by atoms with Gasteiger partial charge in [-0.15, -0.1) is 0 Å².